The molecule has 106 valence electrons. The Labute approximate surface area is 115 Å². The molecule has 1 atom stereocenters. The minimum atomic E-state index is -1.05. The number of thioether (sulfide) groups is 1. The zero-order valence-corrected chi connectivity index (χ0v) is 11.9. The zero-order valence-electron chi connectivity index (χ0n) is 11.1. The first-order valence-electron chi connectivity index (χ1n) is 5.91. The lowest BCUT2D eigenvalue weighted by atomic mass is 10.1. The van der Waals surface area contributed by atoms with Crippen molar-refractivity contribution in [3.63, 3.8) is 0 Å². The number of phenolic OH excluding ortho intramolecular Hbond substituents is 1. The van der Waals surface area contributed by atoms with Crippen molar-refractivity contribution in [1.82, 2.24) is 4.90 Å². The molecule has 6 heteroatoms. The van der Waals surface area contributed by atoms with Crippen molar-refractivity contribution in [2.45, 2.75) is 19.9 Å². The SMILES string of the molecule is CCSC[C@@H](C)N(C)C(=O)c1c(O)cc(F)cc1F. The minimum Gasteiger partial charge on any atom is -0.507 e. The maximum Gasteiger partial charge on any atom is 0.260 e. The summed E-state index contributed by atoms with van der Waals surface area (Å²) in [7, 11) is 1.53. The Morgan fingerprint density at radius 1 is 1.47 bits per heavy atom. The van der Waals surface area contributed by atoms with Gasteiger partial charge in [-0.15, -0.1) is 0 Å². The number of carbonyl (C=O) groups excluding carboxylic acids is 1. The molecule has 0 unspecified atom stereocenters. The van der Waals surface area contributed by atoms with Crippen LogP contribution in [-0.2, 0) is 0 Å². The minimum absolute atomic E-state index is 0.110. The van der Waals surface area contributed by atoms with Crippen LogP contribution < -0.4 is 0 Å². The fourth-order valence-electron chi connectivity index (χ4n) is 1.55. The van der Waals surface area contributed by atoms with Crippen molar-refractivity contribution in [3.8, 4) is 5.75 Å². The van der Waals surface area contributed by atoms with E-state index in [1.165, 1.54) is 11.9 Å². The number of halogens is 2. The van der Waals surface area contributed by atoms with Gasteiger partial charge in [0.1, 0.15) is 22.9 Å². The van der Waals surface area contributed by atoms with Crippen molar-refractivity contribution < 1.29 is 18.7 Å². The predicted octanol–water partition coefficient (Wildman–Crippen LogP) is 2.88. The van der Waals surface area contributed by atoms with Crippen LogP contribution in [0.2, 0.25) is 0 Å². The Bertz CT molecular complexity index is 445. The Morgan fingerprint density at radius 3 is 2.63 bits per heavy atom. The molecule has 1 amide bonds. The maximum atomic E-state index is 13.6. The second kappa shape index (κ2) is 6.75. The van der Waals surface area contributed by atoms with Crippen LogP contribution in [0.1, 0.15) is 24.2 Å². The van der Waals surface area contributed by atoms with E-state index in [4.69, 9.17) is 0 Å². The second-order valence-electron chi connectivity index (χ2n) is 4.21. The molecule has 0 saturated heterocycles. The van der Waals surface area contributed by atoms with Crippen LogP contribution in [0.3, 0.4) is 0 Å². The smallest absolute Gasteiger partial charge is 0.260 e. The lowest BCUT2D eigenvalue weighted by molar-refractivity contribution is 0.0749. The molecule has 3 nitrogen and oxygen atoms in total. The van der Waals surface area contributed by atoms with E-state index in [0.717, 1.165) is 11.8 Å². The molecular formula is C13H17F2NO2S. The van der Waals surface area contributed by atoms with Crippen molar-refractivity contribution in [2.75, 3.05) is 18.6 Å². The van der Waals surface area contributed by atoms with Gasteiger partial charge in [-0.1, -0.05) is 6.92 Å². The number of hydrogen-bond acceptors (Lipinski definition) is 3. The van der Waals surface area contributed by atoms with Crippen molar-refractivity contribution in [1.29, 1.82) is 0 Å². The van der Waals surface area contributed by atoms with E-state index < -0.39 is 28.9 Å². The van der Waals surface area contributed by atoms with Crippen LogP contribution in [-0.4, -0.2) is 40.5 Å². The summed E-state index contributed by atoms with van der Waals surface area (Å²) in [6.45, 7) is 3.84. The van der Waals surface area contributed by atoms with Crippen LogP contribution in [0.25, 0.3) is 0 Å². The lowest BCUT2D eigenvalue weighted by Gasteiger charge is -2.25. The van der Waals surface area contributed by atoms with Crippen molar-refractivity contribution >= 4 is 17.7 Å². The molecule has 0 saturated carbocycles. The van der Waals surface area contributed by atoms with Gasteiger partial charge in [-0.3, -0.25) is 4.79 Å². The van der Waals surface area contributed by atoms with Gasteiger partial charge in [0.05, 0.1) is 0 Å². The summed E-state index contributed by atoms with van der Waals surface area (Å²) in [6, 6.07) is 1.21. The molecule has 0 aliphatic rings. The van der Waals surface area contributed by atoms with Crippen LogP contribution in [0.4, 0.5) is 8.78 Å². The first-order valence-corrected chi connectivity index (χ1v) is 7.06. The summed E-state index contributed by atoms with van der Waals surface area (Å²) in [6.07, 6.45) is 0. The molecule has 1 aromatic carbocycles. The molecule has 0 spiro atoms. The normalized spacial score (nSPS) is 12.3. The highest BCUT2D eigenvalue weighted by Crippen LogP contribution is 2.24. The summed E-state index contributed by atoms with van der Waals surface area (Å²) in [4.78, 5) is 13.4. The molecule has 0 bridgehead atoms. The first kappa shape index (κ1) is 15.8. The van der Waals surface area contributed by atoms with Gasteiger partial charge in [0.15, 0.2) is 0 Å². The third-order valence-corrected chi connectivity index (χ3v) is 3.92. The summed E-state index contributed by atoms with van der Waals surface area (Å²) >= 11 is 1.66. The van der Waals surface area contributed by atoms with Gasteiger partial charge < -0.3 is 10.0 Å². The highest BCUT2D eigenvalue weighted by Gasteiger charge is 2.24. The highest BCUT2D eigenvalue weighted by molar-refractivity contribution is 7.99. The van der Waals surface area contributed by atoms with Gasteiger partial charge in [-0.05, 0) is 12.7 Å². The van der Waals surface area contributed by atoms with E-state index in [9.17, 15) is 18.7 Å². The van der Waals surface area contributed by atoms with Gasteiger partial charge >= 0.3 is 0 Å². The second-order valence-corrected chi connectivity index (χ2v) is 5.53. The number of aromatic hydroxyl groups is 1. The monoisotopic (exact) mass is 289 g/mol. The molecular weight excluding hydrogens is 272 g/mol. The summed E-state index contributed by atoms with van der Waals surface area (Å²) in [5.74, 6) is -1.66. The number of hydrogen-bond donors (Lipinski definition) is 1. The van der Waals surface area contributed by atoms with Gasteiger partial charge in [-0.25, -0.2) is 8.78 Å². The van der Waals surface area contributed by atoms with Crippen LogP contribution in [0.5, 0.6) is 5.75 Å². The van der Waals surface area contributed by atoms with Gasteiger partial charge in [-0.2, -0.15) is 11.8 Å². The third kappa shape index (κ3) is 3.83. The Kier molecular flexibility index (Phi) is 5.60. The highest BCUT2D eigenvalue weighted by atomic mass is 32.2. The largest absolute Gasteiger partial charge is 0.507 e. The average Bonchev–Trinajstić information content (AvgIpc) is 2.33. The fraction of sp³-hybridized carbons (Fsp3) is 0.462. The van der Waals surface area contributed by atoms with E-state index in [-0.39, 0.29) is 6.04 Å². The number of amides is 1. The van der Waals surface area contributed by atoms with E-state index in [1.807, 2.05) is 13.8 Å². The average molecular weight is 289 g/mol. The number of nitrogens with zero attached hydrogens (tertiary/aromatic N) is 1. The summed E-state index contributed by atoms with van der Waals surface area (Å²) < 4.78 is 26.5. The van der Waals surface area contributed by atoms with Crippen LogP contribution in [0.15, 0.2) is 12.1 Å². The molecule has 0 heterocycles. The lowest BCUT2D eigenvalue weighted by Crippen LogP contribution is -2.37. The van der Waals surface area contributed by atoms with E-state index in [2.05, 4.69) is 0 Å². The topological polar surface area (TPSA) is 40.5 Å². The summed E-state index contributed by atoms with van der Waals surface area (Å²) in [5.41, 5.74) is -0.489. The molecule has 19 heavy (non-hydrogen) atoms. The van der Waals surface area contributed by atoms with E-state index in [1.54, 1.807) is 11.8 Å². The number of phenols is 1. The quantitative estimate of drug-likeness (QED) is 0.906. The third-order valence-electron chi connectivity index (χ3n) is 2.79. The van der Waals surface area contributed by atoms with Crippen LogP contribution in [0, 0.1) is 11.6 Å². The van der Waals surface area contributed by atoms with E-state index >= 15 is 0 Å². The zero-order chi connectivity index (χ0) is 14.6. The Balaban J connectivity index is 2.94. The molecule has 1 rings (SSSR count). The first-order chi connectivity index (χ1) is 8.88. The van der Waals surface area contributed by atoms with Crippen molar-refractivity contribution in [2.24, 2.45) is 0 Å². The summed E-state index contributed by atoms with van der Waals surface area (Å²) in [5, 5.41) is 9.52. The van der Waals surface area contributed by atoms with Gasteiger partial charge in [0.2, 0.25) is 0 Å². The Hall–Kier alpha value is -1.30. The number of benzene rings is 1. The van der Waals surface area contributed by atoms with Gasteiger partial charge in [0, 0.05) is 31.0 Å². The number of carbonyl (C=O) groups is 1. The molecule has 0 radical (unpaired) electrons. The predicted molar refractivity (Wildman–Crippen MR) is 72.6 cm³/mol. The molecule has 0 aliphatic carbocycles. The molecule has 1 aromatic rings. The van der Waals surface area contributed by atoms with E-state index in [0.29, 0.717) is 11.8 Å². The molecule has 0 aromatic heterocycles. The van der Waals surface area contributed by atoms with Crippen LogP contribution >= 0.6 is 11.8 Å². The molecule has 0 fully saturated rings. The standard InChI is InChI=1S/C13H17F2NO2S/c1-4-19-7-8(2)16(3)13(18)12-10(15)5-9(14)6-11(12)17/h5-6,8,17H,4,7H2,1-3H3/t8-/m1/s1. The van der Waals surface area contributed by atoms with Crippen molar-refractivity contribution in [3.05, 3.63) is 29.3 Å². The fourth-order valence-corrected chi connectivity index (χ4v) is 2.35. The Morgan fingerprint density at radius 2 is 2.11 bits per heavy atom. The molecule has 1 N–H and O–H groups in total. The van der Waals surface area contributed by atoms with Gasteiger partial charge in [0.25, 0.3) is 5.91 Å². The molecule has 0 aliphatic heterocycles. The maximum absolute atomic E-state index is 13.6. The number of rotatable bonds is 5.